The van der Waals surface area contributed by atoms with Crippen LogP contribution in [0.25, 0.3) is 10.9 Å². The molecule has 2 heteroatoms. The molecule has 0 bridgehead atoms. The lowest BCUT2D eigenvalue weighted by Crippen LogP contribution is -1.84. The van der Waals surface area contributed by atoms with Crippen LogP contribution in [-0.4, -0.2) is 4.98 Å². The van der Waals surface area contributed by atoms with E-state index in [-0.39, 0.29) is 0 Å². The van der Waals surface area contributed by atoms with Crippen LogP contribution in [0.5, 0.6) is 0 Å². The van der Waals surface area contributed by atoms with E-state index in [9.17, 15) is 0 Å². The van der Waals surface area contributed by atoms with Gasteiger partial charge in [-0.3, -0.25) is 0 Å². The molecule has 2 rings (SSSR count). The van der Waals surface area contributed by atoms with Crippen molar-refractivity contribution in [3.8, 4) is 0 Å². The molecule has 0 saturated carbocycles. The maximum atomic E-state index is 4.42. The van der Waals surface area contributed by atoms with Crippen LogP contribution in [0.4, 0.5) is 0 Å². The summed E-state index contributed by atoms with van der Waals surface area (Å²) >= 11 is 4.42. The molecule has 0 unspecified atom stereocenters. The Bertz CT molecular complexity index is 430. The van der Waals surface area contributed by atoms with Crippen LogP contribution in [0.15, 0.2) is 23.1 Å². The largest absolute Gasteiger partial charge is 0.358 e. The molecule has 0 fully saturated rings. The Morgan fingerprint density at radius 1 is 1.12 bits per heavy atom. The number of hydrogen-bond acceptors (Lipinski definition) is 1. The summed E-state index contributed by atoms with van der Waals surface area (Å²) in [5.74, 6) is 0.547. The van der Waals surface area contributed by atoms with E-state index in [1.807, 2.05) is 13.8 Å². The van der Waals surface area contributed by atoms with E-state index in [4.69, 9.17) is 0 Å². The molecule has 1 nitrogen and oxygen atoms in total. The summed E-state index contributed by atoms with van der Waals surface area (Å²) in [5, 5.41) is 1.25. The number of aromatic amines is 1. The highest BCUT2D eigenvalue weighted by Crippen LogP contribution is 2.25. The summed E-state index contributed by atoms with van der Waals surface area (Å²) in [6.07, 6.45) is 0. The fourth-order valence-electron chi connectivity index (χ4n) is 1.61. The van der Waals surface area contributed by atoms with Gasteiger partial charge in [0.15, 0.2) is 0 Å². The SMILES string of the molecule is CC.Cc1cc2[nH]c(C(C)C)cc2cc1S. The topological polar surface area (TPSA) is 15.8 Å². The summed E-state index contributed by atoms with van der Waals surface area (Å²) in [6, 6.07) is 6.48. The molecule has 1 aromatic heterocycles. The van der Waals surface area contributed by atoms with Gasteiger partial charge in [-0.1, -0.05) is 27.7 Å². The Balaban J connectivity index is 0.000000606. The van der Waals surface area contributed by atoms with Crippen molar-refractivity contribution in [1.82, 2.24) is 4.98 Å². The summed E-state index contributed by atoms with van der Waals surface area (Å²) in [4.78, 5) is 4.49. The minimum Gasteiger partial charge on any atom is -0.358 e. The van der Waals surface area contributed by atoms with E-state index in [2.05, 4.69) is 56.6 Å². The van der Waals surface area contributed by atoms with Gasteiger partial charge in [-0.25, -0.2) is 0 Å². The molecule has 0 spiro atoms. The van der Waals surface area contributed by atoms with Crippen molar-refractivity contribution < 1.29 is 0 Å². The van der Waals surface area contributed by atoms with Gasteiger partial charge in [0.1, 0.15) is 0 Å². The van der Waals surface area contributed by atoms with Gasteiger partial charge in [0.2, 0.25) is 0 Å². The van der Waals surface area contributed by atoms with Crippen LogP contribution in [0.1, 0.15) is 44.9 Å². The molecule has 1 heterocycles. The van der Waals surface area contributed by atoms with E-state index in [1.54, 1.807) is 0 Å². The van der Waals surface area contributed by atoms with Crippen molar-refractivity contribution in [3.63, 3.8) is 0 Å². The summed E-state index contributed by atoms with van der Waals surface area (Å²) in [7, 11) is 0. The fourth-order valence-corrected chi connectivity index (χ4v) is 1.81. The summed E-state index contributed by atoms with van der Waals surface area (Å²) in [5.41, 5.74) is 3.72. The standard InChI is InChI=1S/C12H15NS.C2H6/c1-7(2)10-5-9-6-12(14)8(3)4-11(9)13-10;1-2/h4-7,13-14H,1-3H3;1-2H3. The van der Waals surface area contributed by atoms with Crippen LogP contribution in [0.2, 0.25) is 0 Å². The first-order valence-electron chi connectivity index (χ1n) is 5.90. The number of H-pyrrole nitrogens is 1. The number of aryl methyl sites for hydroxylation is 1. The monoisotopic (exact) mass is 235 g/mol. The predicted octanol–water partition coefficient (Wildman–Crippen LogP) is 4.91. The third kappa shape index (κ3) is 2.62. The Labute approximate surface area is 104 Å². The lowest BCUT2D eigenvalue weighted by molar-refractivity contribution is 0.836. The number of aromatic nitrogens is 1. The number of nitrogens with one attached hydrogen (secondary N) is 1. The van der Waals surface area contributed by atoms with Crippen LogP contribution >= 0.6 is 12.6 Å². The molecule has 0 aliphatic carbocycles. The van der Waals surface area contributed by atoms with Crippen LogP contribution in [0, 0.1) is 6.92 Å². The van der Waals surface area contributed by atoms with Crippen LogP contribution in [-0.2, 0) is 0 Å². The zero-order valence-corrected chi connectivity index (χ0v) is 11.7. The van der Waals surface area contributed by atoms with E-state index in [1.165, 1.54) is 22.2 Å². The van der Waals surface area contributed by atoms with Crippen molar-refractivity contribution >= 4 is 23.5 Å². The second-order valence-electron chi connectivity index (χ2n) is 4.11. The highest BCUT2D eigenvalue weighted by atomic mass is 32.1. The first-order valence-corrected chi connectivity index (χ1v) is 6.35. The van der Waals surface area contributed by atoms with Crippen molar-refractivity contribution in [2.45, 2.75) is 45.4 Å². The van der Waals surface area contributed by atoms with Gasteiger partial charge in [-0.2, -0.15) is 0 Å². The lowest BCUT2D eigenvalue weighted by Gasteiger charge is -1.98. The molecule has 1 N–H and O–H groups in total. The van der Waals surface area contributed by atoms with E-state index in [0.29, 0.717) is 5.92 Å². The molecular weight excluding hydrogens is 214 g/mol. The van der Waals surface area contributed by atoms with Gasteiger partial charge in [0, 0.05) is 21.5 Å². The number of fused-ring (bicyclic) bond motifs is 1. The molecule has 1 aromatic carbocycles. The molecule has 0 radical (unpaired) electrons. The Hall–Kier alpha value is -0.890. The number of rotatable bonds is 1. The third-order valence-electron chi connectivity index (χ3n) is 2.58. The smallest absolute Gasteiger partial charge is 0.0459 e. The first kappa shape index (κ1) is 13.2. The first-order chi connectivity index (χ1) is 7.58. The molecular formula is C14H21NS. The van der Waals surface area contributed by atoms with Gasteiger partial charge in [-0.05, 0) is 36.6 Å². The van der Waals surface area contributed by atoms with Gasteiger partial charge in [0.05, 0.1) is 0 Å². The zero-order valence-electron chi connectivity index (χ0n) is 10.8. The van der Waals surface area contributed by atoms with Gasteiger partial charge in [0.25, 0.3) is 0 Å². The van der Waals surface area contributed by atoms with E-state index < -0.39 is 0 Å². The quantitative estimate of drug-likeness (QED) is 0.653. The minimum atomic E-state index is 0.547. The normalized spacial score (nSPS) is 10.4. The average molecular weight is 235 g/mol. The molecule has 0 amide bonds. The maximum absolute atomic E-state index is 4.42. The molecule has 0 aliphatic heterocycles. The lowest BCUT2D eigenvalue weighted by atomic mass is 10.1. The second-order valence-corrected chi connectivity index (χ2v) is 4.59. The van der Waals surface area contributed by atoms with Crippen molar-refractivity contribution in [3.05, 3.63) is 29.5 Å². The Morgan fingerprint density at radius 3 is 2.31 bits per heavy atom. The minimum absolute atomic E-state index is 0.547. The summed E-state index contributed by atoms with van der Waals surface area (Å²) in [6.45, 7) is 10.5. The predicted molar refractivity (Wildman–Crippen MR) is 75.7 cm³/mol. The van der Waals surface area contributed by atoms with Crippen LogP contribution in [0.3, 0.4) is 0 Å². The Morgan fingerprint density at radius 2 is 1.75 bits per heavy atom. The molecule has 0 saturated heterocycles. The van der Waals surface area contributed by atoms with Crippen molar-refractivity contribution in [1.29, 1.82) is 0 Å². The highest BCUT2D eigenvalue weighted by Gasteiger charge is 2.05. The Kier molecular flexibility index (Phi) is 4.48. The molecule has 16 heavy (non-hydrogen) atoms. The van der Waals surface area contributed by atoms with Gasteiger partial charge >= 0.3 is 0 Å². The van der Waals surface area contributed by atoms with E-state index in [0.717, 1.165) is 4.90 Å². The molecule has 0 aliphatic rings. The molecule has 0 atom stereocenters. The highest BCUT2D eigenvalue weighted by molar-refractivity contribution is 7.80. The zero-order chi connectivity index (χ0) is 12.3. The second kappa shape index (κ2) is 5.44. The van der Waals surface area contributed by atoms with Crippen molar-refractivity contribution in [2.24, 2.45) is 0 Å². The third-order valence-corrected chi connectivity index (χ3v) is 3.06. The summed E-state index contributed by atoms with van der Waals surface area (Å²) < 4.78 is 0. The number of thiol groups is 1. The fraction of sp³-hybridized carbons (Fsp3) is 0.429. The average Bonchev–Trinajstić information content (AvgIpc) is 2.65. The van der Waals surface area contributed by atoms with Gasteiger partial charge in [-0.15, -0.1) is 12.6 Å². The number of hydrogen-bond donors (Lipinski definition) is 2. The van der Waals surface area contributed by atoms with Crippen molar-refractivity contribution in [2.75, 3.05) is 0 Å². The van der Waals surface area contributed by atoms with Crippen LogP contribution < -0.4 is 0 Å². The van der Waals surface area contributed by atoms with Gasteiger partial charge < -0.3 is 4.98 Å². The maximum Gasteiger partial charge on any atom is 0.0459 e. The number of benzene rings is 1. The van der Waals surface area contributed by atoms with E-state index >= 15 is 0 Å². The molecule has 2 aromatic rings. The molecule has 88 valence electrons.